The Labute approximate surface area is 122 Å². The van der Waals surface area contributed by atoms with Crippen LogP contribution < -0.4 is 5.32 Å². The number of aliphatic hydroxyl groups is 1. The van der Waals surface area contributed by atoms with E-state index in [1.807, 2.05) is 0 Å². The SMILES string of the molecule is CC(C)(C)OC(=O)NCCN1CCC(O)(C(F)(F)F)CC1. The third kappa shape index (κ3) is 5.70. The van der Waals surface area contributed by atoms with Crippen molar-refractivity contribution < 1.29 is 27.8 Å². The van der Waals surface area contributed by atoms with Crippen LogP contribution in [-0.4, -0.2) is 59.7 Å². The monoisotopic (exact) mass is 312 g/mol. The average molecular weight is 312 g/mol. The van der Waals surface area contributed by atoms with Crippen LogP contribution in [0.3, 0.4) is 0 Å². The van der Waals surface area contributed by atoms with Crippen molar-refractivity contribution in [2.45, 2.75) is 51.0 Å². The van der Waals surface area contributed by atoms with Crippen molar-refractivity contribution in [1.82, 2.24) is 10.2 Å². The molecule has 124 valence electrons. The number of hydrogen-bond donors (Lipinski definition) is 2. The summed E-state index contributed by atoms with van der Waals surface area (Å²) in [5, 5.41) is 12.1. The molecule has 0 saturated carbocycles. The molecule has 1 amide bonds. The fourth-order valence-electron chi connectivity index (χ4n) is 2.06. The Hall–Kier alpha value is -1.02. The van der Waals surface area contributed by atoms with Gasteiger partial charge in [-0.3, -0.25) is 0 Å². The fraction of sp³-hybridized carbons (Fsp3) is 0.923. The smallest absolute Gasteiger partial charge is 0.417 e. The third-order valence-electron chi connectivity index (χ3n) is 3.31. The number of amides is 1. The van der Waals surface area contributed by atoms with Crippen molar-refractivity contribution in [2.75, 3.05) is 26.2 Å². The molecule has 1 aliphatic heterocycles. The third-order valence-corrected chi connectivity index (χ3v) is 3.31. The van der Waals surface area contributed by atoms with Crippen molar-refractivity contribution in [2.24, 2.45) is 0 Å². The zero-order chi connectivity index (χ0) is 16.3. The van der Waals surface area contributed by atoms with Crippen LogP contribution in [0, 0.1) is 0 Å². The lowest BCUT2D eigenvalue weighted by atomic mass is 9.91. The summed E-state index contributed by atoms with van der Waals surface area (Å²) < 4.78 is 42.9. The van der Waals surface area contributed by atoms with E-state index in [0.29, 0.717) is 13.1 Å². The number of nitrogens with one attached hydrogen (secondary N) is 1. The van der Waals surface area contributed by atoms with E-state index in [2.05, 4.69) is 5.32 Å². The maximum atomic E-state index is 12.6. The lowest BCUT2D eigenvalue weighted by Gasteiger charge is -2.39. The number of rotatable bonds is 3. The highest BCUT2D eigenvalue weighted by atomic mass is 19.4. The second-order valence-corrected chi connectivity index (χ2v) is 6.30. The van der Waals surface area contributed by atoms with E-state index in [1.54, 1.807) is 25.7 Å². The molecule has 1 saturated heterocycles. The first-order valence-electron chi connectivity index (χ1n) is 6.91. The summed E-state index contributed by atoms with van der Waals surface area (Å²) in [4.78, 5) is 13.2. The highest BCUT2D eigenvalue weighted by Gasteiger charge is 2.54. The molecule has 0 aliphatic carbocycles. The molecular formula is C13H23F3N2O3. The minimum absolute atomic E-state index is 0.145. The normalized spacial score (nSPS) is 20.1. The molecule has 0 unspecified atom stereocenters. The second kappa shape index (κ2) is 6.39. The topological polar surface area (TPSA) is 61.8 Å². The number of carbonyl (C=O) groups excluding carboxylic acids is 1. The highest BCUT2D eigenvalue weighted by molar-refractivity contribution is 5.67. The lowest BCUT2D eigenvalue weighted by Crippen LogP contribution is -2.54. The summed E-state index contributed by atoms with van der Waals surface area (Å²) in [6.45, 7) is 6.24. The Bertz CT molecular complexity index is 359. The van der Waals surface area contributed by atoms with Crippen LogP contribution in [0.25, 0.3) is 0 Å². The Morgan fingerprint density at radius 1 is 1.29 bits per heavy atom. The number of piperidine rings is 1. The Morgan fingerprint density at radius 2 is 1.81 bits per heavy atom. The number of hydrogen-bond acceptors (Lipinski definition) is 4. The van der Waals surface area contributed by atoms with Gasteiger partial charge in [0.1, 0.15) is 5.60 Å². The fourth-order valence-corrected chi connectivity index (χ4v) is 2.06. The van der Waals surface area contributed by atoms with Gasteiger partial charge in [0, 0.05) is 26.2 Å². The number of alkyl halides is 3. The molecule has 0 bridgehead atoms. The van der Waals surface area contributed by atoms with Gasteiger partial charge in [-0.2, -0.15) is 13.2 Å². The van der Waals surface area contributed by atoms with Gasteiger partial charge < -0.3 is 20.1 Å². The Balaban J connectivity index is 2.27. The Kier molecular flexibility index (Phi) is 5.49. The van der Waals surface area contributed by atoms with Gasteiger partial charge in [-0.15, -0.1) is 0 Å². The van der Waals surface area contributed by atoms with Crippen LogP contribution in [0.2, 0.25) is 0 Å². The predicted molar refractivity (Wildman–Crippen MR) is 70.9 cm³/mol. The summed E-state index contributed by atoms with van der Waals surface area (Å²) in [6, 6.07) is 0. The summed E-state index contributed by atoms with van der Waals surface area (Å²) >= 11 is 0. The second-order valence-electron chi connectivity index (χ2n) is 6.30. The summed E-state index contributed by atoms with van der Waals surface area (Å²) in [5.74, 6) is 0. The summed E-state index contributed by atoms with van der Waals surface area (Å²) in [7, 11) is 0. The van der Waals surface area contributed by atoms with E-state index in [0.717, 1.165) is 0 Å². The standard InChI is InChI=1S/C13H23F3N2O3/c1-11(2,3)21-10(19)17-6-9-18-7-4-12(20,5-8-18)13(14,15)16/h20H,4-9H2,1-3H3,(H,17,19). The van der Waals surface area contributed by atoms with Gasteiger partial charge >= 0.3 is 12.3 Å². The van der Waals surface area contributed by atoms with Crippen molar-refractivity contribution in [3.8, 4) is 0 Å². The Morgan fingerprint density at radius 3 is 2.24 bits per heavy atom. The predicted octanol–water partition coefficient (Wildman–Crippen LogP) is 1.90. The van der Waals surface area contributed by atoms with Crippen molar-refractivity contribution >= 4 is 6.09 Å². The van der Waals surface area contributed by atoms with Gasteiger partial charge in [0.2, 0.25) is 0 Å². The number of likely N-dealkylation sites (tertiary alicyclic amines) is 1. The molecule has 1 fully saturated rings. The molecule has 1 heterocycles. The lowest BCUT2D eigenvalue weighted by molar-refractivity contribution is -0.272. The van der Waals surface area contributed by atoms with Crippen molar-refractivity contribution in [1.29, 1.82) is 0 Å². The minimum Gasteiger partial charge on any atom is -0.444 e. The number of nitrogens with zero attached hydrogens (tertiary/aromatic N) is 1. The van der Waals surface area contributed by atoms with Crippen molar-refractivity contribution in [3.05, 3.63) is 0 Å². The van der Waals surface area contributed by atoms with Crippen LogP contribution in [0.1, 0.15) is 33.6 Å². The van der Waals surface area contributed by atoms with Crippen LogP contribution >= 0.6 is 0 Å². The van der Waals surface area contributed by atoms with Crippen LogP contribution in [-0.2, 0) is 4.74 Å². The molecule has 1 aliphatic rings. The van der Waals surface area contributed by atoms with Crippen molar-refractivity contribution in [3.63, 3.8) is 0 Å². The molecule has 8 heteroatoms. The maximum Gasteiger partial charge on any atom is 0.417 e. The molecule has 0 spiro atoms. The molecular weight excluding hydrogens is 289 g/mol. The zero-order valence-electron chi connectivity index (χ0n) is 12.6. The van der Waals surface area contributed by atoms with Gasteiger partial charge in [-0.1, -0.05) is 0 Å². The summed E-state index contributed by atoms with van der Waals surface area (Å²) in [6.07, 6.45) is -5.83. The van der Waals surface area contributed by atoms with E-state index in [1.165, 1.54) is 0 Å². The van der Waals surface area contributed by atoms with E-state index in [-0.39, 0.29) is 25.9 Å². The molecule has 2 N–H and O–H groups in total. The first-order chi connectivity index (χ1) is 9.43. The molecule has 1 rings (SSSR count). The highest BCUT2D eigenvalue weighted by Crippen LogP contribution is 2.38. The summed E-state index contributed by atoms with van der Waals surface area (Å²) in [5.41, 5.74) is -3.17. The van der Waals surface area contributed by atoms with E-state index in [4.69, 9.17) is 4.74 Å². The molecule has 0 aromatic carbocycles. The minimum atomic E-state index is -4.59. The maximum absolute atomic E-state index is 12.6. The molecule has 0 aromatic heterocycles. The molecule has 21 heavy (non-hydrogen) atoms. The van der Waals surface area contributed by atoms with Crippen LogP contribution in [0.15, 0.2) is 0 Å². The van der Waals surface area contributed by atoms with E-state index < -0.39 is 23.5 Å². The molecule has 5 nitrogen and oxygen atoms in total. The van der Waals surface area contributed by atoms with Gasteiger partial charge in [-0.25, -0.2) is 4.79 Å². The van der Waals surface area contributed by atoms with Crippen LogP contribution in [0.4, 0.5) is 18.0 Å². The molecule has 0 radical (unpaired) electrons. The number of carbonyl (C=O) groups is 1. The quantitative estimate of drug-likeness (QED) is 0.835. The first-order valence-corrected chi connectivity index (χ1v) is 6.91. The van der Waals surface area contributed by atoms with E-state index >= 15 is 0 Å². The van der Waals surface area contributed by atoms with Gasteiger partial charge in [0.25, 0.3) is 0 Å². The largest absolute Gasteiger partial charge is 0.444 e. The van der Waals surface area contributed by atoms with Crippen LogP contribution in [0.5, 0.6) is 0 Å². The average Bonchev–Trinajstić information content (AvgIpc) is 2.28. The number of ether oxygens (including phenoxy) is 1. The van der Waals surface area contributed by atoms with Gasteiger partial charge in [0.15, 0.2) is 5.60 Å². The molecule has 0 atom stereocenters. The van der Waals surface area contributed by atoms with Gasteiger partial charge in [-0.05, 0) is 33.6 Å². The van der Waals surface area contributed by atoms with Gasteiger partial charge in [0.05, 0.1) is 0 Å². The number of alkyl carbamates (subject to hydrolysis) is 1. The number of halogens is 3. The zero-order valence-corrected chi connectivity index (χ0v) is 12.6. The molecule has 0 aromatic rings. The van der Waals surface area contributed by atoms with E-state index in [9.17, 15) is 23.1 Å². The first kappa shape index (κ1) is 18.0.